The van der Waals surface area contributed by atoms with E-state index in [0.29, 0.717) is 47.1 Å². The van der Waals surface area contributed by atoms with Gasteiger partial charge in [-0.2, -0.15) is 0 Å². The predicted molar refractivity (Wildman–Crippen MR) is 128 cm³/mol. The predicted octanol–water partition coefficient (Wildman–Crippen LogP) is 2.67. The van der Waals surface area contributed by atoms with Crippen LogP contribution >= 0.6 is 0 Å². The van der Waals surface area contributed by atoms with Crippen molar-refractivity contribution in [3.05, 3.63) is 67.4 Å². The van der Waals surface area contributed by atoms with Gasteiger partial charge >= 0.3 is 0 Å². The molecule has 3 aliphatic rings. The minimum absolute atomic E-state index is 0.0667. The van der Waals surface area contributed by atoms with Gasteiger partial charge in [-0.25, -0.2) is 4.68 Å². The summed E-state index contributed by atoms with van der Waals surface area (Å²) >= 11 is 0. The number of aromatic nitrogens is 1. The van der Waals surface area contributed by atoms with Crippen LogP contribution in [0.25, 0.3) is 32.9 Å². The van der Waals surface area contributed by atoms with Crippen LogP contribution in [0.4, 0.5) is 0 Å². The van der Waals surface area contributed by atoms with Gasteiger partial charge in [0.1, 0.15) is 34.3 Å². The summed E-state index contributed by atoms with van der Waals surface area (Å²) in [6, 6.07) is 5.18. The molecule has 4 aromatic rings. The van der Waals surface area contributed by atoms with E-state index in [1.54, 1.807) is 12.1 Å². The quantitative estimate of drug-likeness (QED) is 0.343. The number of pyridine rings is 1. The zero-order valence-electron chi connectivity index (χ0n) is 19.2. The van der Waals surface area contributed by atoms with Crippen molar-refractivity contribution < 1.29 is 28.8 Å². The first-order valence-electron chi connectivity index (χ1n) is 11.7. The second-order valence-electron chi connectivity index (χ2n) is 9.44. The fourth-order valence-corrected chi connectivity index (χ4v) is 5.95. The molecule has 2 aromatic heterocycles. The Morgan fingerprint density at radius 3 is 2.81 bits per heavy atom. The highest BCUT2D eigenvalue weighted by Crippen LogP contribution is 2.53. The van der Waals surface area contributed by atoms with Gasteiger partial charge in [0.25, 0.3) is 5.56 Å². The number of phenolic OH excluding ortho intramolecular Hbond substituents is 1. The van der Waals surface area contributed by atoms with E-state index < -0.39 is 23.9 Å². The molecule has 10 heteroatoms. The minimum Gasteiger partial charge on any atom is -0.506 e. The number of aromatic hydroxyl groups is 1. The highest BCUT2D eigenvalue weighted by Gasteiger charge is 2.39. The van der Waals surface area contributed by atoms with E-state index in [9.17, 15) is 19.8 Å². The van der Waals surface area contributed by atoms with Crippen molar-refractivity contribution in [3.8, 4) is 22.6 Å². The Balaban J connectivity index is 1.61. The largest absolute Gasteiger partial charge is 0.506 e. The maximum absolute atomic E-state index is 13.7. The second kappa shape index (κ2) is 7.33. The molecule has 2 aromatic carbocycles. The third kappa shape index (κ3) is 2.66. The zero-order valence-corrected chi connectivity index (χ0v) is 19.2. The molecule has 0 saturated heterocycles. The molecule has 0 spiro atoms. The standard InChI is InChI=1S/C26H22N2O8/c1-33-14-3-2-13(29)20-23(31)21-16(36-24(14)20)8-12-17-11(7-15-19(12)25(21)35-9-34-15)6-10-4-5-28(27)26(32)18(10)22(17)30/h4-6,8,13-15,29-30H,2-3,7,9,27H2,1H3. The molecule has 3 atom stereocenters. The molecule has 4 N–H and O–H groups in total. The lowest BCUT2D eigenvalue weighted by atomic mass is 9.80. The Bertz CT molecular complexity index is 1740. The van der Waals surface area contributed by atoms with Gasteiger partial charge in [0.15, 0.2) is 6.79 Å². The zero-order chi connectivity index (χ0) is 24.9. The van der Waals surface area contributed by atoms with Crippen molar-refractivity contribution in [2.24, 2.45) is 0 Å². The summed E-state index contributed by atoms with van der Waals surface area (Å²) in [6.45, 7) is -0.0667. The van der Waals surface area contributed by atoms with Gasteiger partial charge in [0.2, 0.25) is 5.43 Å². The number of methoxy groups -OCH3 is 1. The van der Waals surface area contributed by atoms with E-state index >= 15 is 0 Å². The average molecular weight is 490 g/mol. The normalized spacial score (nSPS) is 22.1. The van der Waals surface area contributed by atoms with E-state index in [4.69, 9.17) is 24.5 Å². The number of benzene rings is 2. The topological polar surface area (TPSA) is 146 Å². The summed E-state index contributed by atoms with van der Waals surface area (Å²) in [5, 5.41) is 22.9. The molecule has 10 nitrogen and oxygen atoms in total. The molecule has 36 heavy (non-hydrogen) atoms. The summed E-state index contributed by atoms with van der Waals surface area (Å²) in [5.41, 5.74) is 1.87. The number of rotatable bonds is 1. The van der Waals surface area contributed by atoms with Crippen molar-refractivity contribution >= 4 is 21.7 Å². The number of phenols is 1. The fraction of sp³-hybridized carbons (Fsp3) is 0.308. The molecule has 184 valence electrons. The summed E-state index contributed by atoms with van der Waals surface area (Å²) < 4.78 is 24.4. The van der Waals surface area contributed by atoms with E-state index in [2.05, 4.69) is 0 Å². The Labute approximate surface area is 203 Å². The first-order valence-corrected chi connectivity index (χ1v) is 11.7. The number of nitrogens with two attached hydrogens (primary N) is 1. The summed E-state index contributed by atoms with van der Waals surface area (Å²) in [6.07, 6.45) is 0.857. The highest BCUT2D eigenvalue weighted by molar-refractivity contribution is 6.01. The van der Waals surface area contributed by atoms with Crippen molar-refractivity contribution in [3.63, 3.8) is 0 Å². The van der Waals surface area contributed by atoms with Crippen LogP contribution in [-0.4, -0.2) is 28.8 Å². The van der Waals surface area contributed by atoms with Crippen molar-refractivity contribution in [2.75, 3.05) is 19.7 Å². The van der Waals surface area contributed by atoms with Crippen molar-refractivity contribution in [1.82, 2.24) is 4.68 Å². The van der Waals surface area contributed by atoms with Crippen LogP contribution in [0.1, 0.15) is 53.6 Å². The second-order valence-corrected chi connectivity index (χ2v) is 9.44. The van der Waals surface area contributed by atoms with E-state index in [1.807, 2.05) is 6.07 Å². The van der Waals surface area contributed by atoms with Crippen LogP contribution in [0.15, 0.2) is 38.4 Å². The molecular weight excluding hydrogens is 468 g/mol. The monoisotopic (exact) mass is 490 g/mol. The molecule has 1 aliphatic heterocycles. The maximum atomic E-state index is 13.7. The van der Waals surface area contributed by atoms with Crippen molar-refractivity contribution in [2.45, 2.75) is 37.6 Å². The van der Waals surface area contributed by atoms with E-state index in [0.717, 1.165) is 10.2 Å². The smallest absolute Gasteiger partial charge is 0.280 e. The first kappa shape index (κ1) is 21.4. The third-order valence-electron chi connectivity index (χ3n) is 7.60. The molecule has 3 heterocycles. The van der Waals surface area contributed by atoms with Crippen LogP contribution in [0.2, 0.25) is 0 Å². The van der Waals surface area contributed by atoms with Crippen LogP contribution in [-0.2, 0) is 15.9 Å². The SMILES string of the molecule is COC1CCC(O)c2c1oc1cc3c4c(c1c2=O)OCOC4Cc1cc2ccn(N)c(=O)c2c(O)c1-3. The maximum Gasteiger partial charge on any atom is 0.280 e. The Morgan fingerprint density at radius 1 is 1.17 bits per heavy atom. The molecule has 0 fully saturated rings. The van der Waals surface area contributed by atoms with Gasteiger partial charge < -0.3 is 34.7 Å². The van der Waals surface area contributed by atoms with Gasteiger partial charge in [-0.05, 0) is 47.6 Å². The number of aliphatic hydroxyl groups excluding tert-OH is 1. The number of fused-ring (bicyclic) bond motifs is 6. The molecule has 0 saturated carbocycles. The Kier molecular flexibility index (Phi) is 4.36. The molecule has 0 radical (unpaired) electrons. The van der Waals surface area contributed by atoms with Crippen LogP contribution in [0.5, 0.6) is 11.5 Å². The lowest BCUT2D eigenvalue weighted by Crippen LogP contribution is -2.28. The lowest BCUT2D eigenvalue weighted by Gasteiger charge is -2.34. The number of hydrogen-bond donors (Lipinski definition) is 3. The summed E-state index contributed by atoms with van der Waals surface area (Å²) in [4.78, 5) is 26.5. The van der Waals surface area contributed by atoms with Crippen LogP contribution < -0.4 is 21.6 Å². The first-order chi connectivity index (χ1) is 17.4. The van der Waals surface area contributed by atoms with Gasteiger partial charge in [0, 0.05) is 30.9 Å². The average Bonchev–Trinajstić information content (AvgIpc) is 2.86. The minimum atomic E-state index is -0.972. The molecule has 3 unspecified atom stereocenters. The number of ether oxygens (including phenoxy) is 3. The highest BCUT2D eigenvalue weighted by atomic mass is 16.7. The summed E-state index contributed by atoms with van der Waals surface area (Å²) in [5.74, 6) is 6.15. The molecule has 7 rings (SSSR count). The van der Waals surface area contributed by atoms with Crippen LogP contribution in [0, 0.1) is 0 Å². The van der Waals surface area contributed by atoms with Gasteiger partial charge in [-0.3, -0.25) is 9.59 Å². The Hall–Kier alpha value is -3.86. The van der Waals surface area contributed by atoms with E-state index in [1.165, 1.54) is 13.3 Å². The summed E-state index contributed by atoms with van der Waals surface area (Å²) in [7, 11) is 1.53. The van der Waals surface area contributed by atoms with Gasteiger partial charge in [-0.1, -0.05) is 0 Å². The number of nitrogen functional groups attached to an aromatic ring is 1. The molecule has 2 aliphatic carbocycles. The molecular formula is C26H22N2O8. The lowest BCUT2D eigenvalue weighted by molar-refractivity contribution is -0.0585. The van der Waals surface area contributed by atoms with E-state index in [-0.39, 0.29) is 45.7 Å². The Morgan fingerprint density at radius 2 is 2.00 bits per heavy atom. The number of hydrogen-bond acceptors (Lipinski definition) is 9. The van der Waals surface area contributed by atoms with Crippen molar-refractivity contribution in [1.29, 1.82) is 0 Å². The third-order valence-corrected chi connectivity index (χ3v) is 7.60. The fourth-order valence-electron chi connectivity index (χ4n) is 5.95. The van der Waals surface area contributed by atoms with Crippen LogP contribution in [0.3, 0.4) is 0 Å². The molecule has 0 amide bonds. The molecule has 0 bridgehead atoms. The number of nitrogens with zero attached hydrogens (tertiary/aromatic N) is 1. The number of aliphatic hydroxyl groups is 1. The van der Waals surface area contributed by atoms with Gasteiger partial charge in [0.05, 0.1) is 23.2 Å². The van der Waals surface area contributed by atoms with Gasteiger partial charge in [-0.15, -0.1) is 0 Å².